The number of likely N-dealkylation sites (N-methyl/N-ethyl adjacent to an activating group) is 1. The molecule has 2 fully saturated rings. The molecule has 2 atom stereocenters. The average molecular weight is 329 g/mol. The smallest absolute Gasteiger partial charge is 0.246 e. The second-order valence-corrected chi connectivity index (χ2v) is 6.88. The predicted octanol–water partition coefficient (Wildman–Crippen LogP) is 2.55. The van der Waals surface area contributed by atoms with Crippen molar-refractivity contribution in [1.82, 2.24) is 15.1 Å². The topological polar surface area (TPSA) is 60.6 Å². The highest BCUT2D eigenvalue weighted by Gasteiger charge is 2.52. The number of nitrogens with zero attached hydrogens (tertiary/aromatic N) is 3. The first-order chi connectivity index (χ1) is 11.6. The molecular weight excluding hydrogens is 306 g/mol. The molecule has 0 amide bonds. The highest BCUT2D eigenvalue weighted by molar-refractivity contribution is 5.47. The van der Waals surface area contributed by atoms with Crippen molar-refractivity contribution in [3.63, 3.8) is 0 Å². The SMILES string of the molecule is COc1ccccc1C1(c2nnc([C@H]3CN(C)C[C@@H](C)O3)o2)CC1. The van der Waals surface area contributed by atoms with Crippen molar-refractivity contribution >= 4 is 0 Å². The number of rotatable bonds is 4. The third kappa shape index (κ3) is 2.59. The molecule has 0 unspecified atom stereocenters. The summed E-state index contributed by atoms with van der Waals surface area (Å²) in [4.78, 5) is 2.23. The van der Waals surface area contributed by atoms with Gasteiger partial charge in [0.1, 0.15) is 11.9 Å². The number of morpholine rings is 1. The molecule has 4 rings (SSSR count). The van der Waals surface area contributed by atoms with E-state index in [0.29, 0.717) is 11.8 Å². The number of benzene rings is 1. The molecule has 0 radical (unpaired) electrons. The number of methoxy groups -OCH3 is 1. The van der Waals surface area contributed by atoms with Crippen molar-refractivity contribution in [2.75, 3.05) is 27.2 Å². The summed E-state index contributed by atoms with van der Waals surface area (Å²) in [6.45, 7) is 3.76. The Morgan fingerprint density at radius 2 is 2.00 bits per heavy atom. The maximum atomic E-state index is 6.07. The highest BCUT2D eigenvalue weighted by atomic mass is 16.5. The Bertz CT molecular complexity index is 716. The molecule has 1 aromatic heterocycles. The fourth-order valence-electron chi connectivity index (χ4n) is 3.62. The van der Waals surface area contributed by atoms with Gasteiger partial charge in [0.15, 0.2) is 0 Å². The van der Waals surface area contributed by atoms with Gasteiger partial charge in [-0.25, -0.2) is 0 Å². The molecule has 128 valence electrons. The Hall–Kier alpha value is -1.92. The summed E-state index contributed by atoms with van der Waals surface area (Å²) in [5, 5.41) is 8.64. The van der Waals surface area contributed by atoms with Crippen LogP contribution >= 0.6 is 0 Å². The van der Waals surface area contributed by atoms with Gasteiger partial charge in [0.25, 0.3) is 0 Å². The first kappa shape index (κ1) is 15.6. The normalized spacial score (nSPS) is 26.3. The lowest BCUT2D eigenvalue weighted by molar-refractivity contribution is -0.0826. The number of ether oxygens (including phenoxy) is 2. The predicted molar refractivity (Wildman–Crippen MR) is 88.1 cm³/mol. The molecule has 2 aliphatic rings. The molecule has 2 aromatic rings. The van der Waals surface area contributed by atoms with Crippen LogP contribution in [0, 0.1) is 0 Å². The van der Waals surface area contributed by atoms with Gasteiger partial charge in [0.05, 0.1) is 18.6 Å². The lowest BCUT2D eigenvalue weighted by atomic mass is 9.95. The molecule has 1 aromatic carbocycles. The fourth-order valence-corrected chi connectivity index (χ4v) is 3.62. The average Bonchev–Trinajstić information content (AvgIpc) is 3.23. The van der Waals surface area contributed by atoms with Crippen LogP contribution < -0.4 is 4.74 Å². The second-order valence-electron chi connectivity index (χ2n) is 6.88. The van der Waals surface area contributed by atoms with Crippen molar-refractivity contribution in [3.8, 4) is 5.75 Å². The summed E-state index contributed by atoms with van der Waals surface area (Å²) in [6, 6.07) is 8.07. The summed E-state index contributed by atoms with van der Waals surface area (Å²) in [7, 11) is 3.78. The molecule has 1 saturated heterocycles. The van der Waals surface area contributed by atoms with Crippen LogP contribution in [0.3, 0.4) is 0 Å². The third-order valence-corrected chi connectivity index (χ3v) is 4.94. The molecule has 0 N–H and O–H groups in total. The highest BCUT2D eigenvalue weighted by Crippen LogP contribution is 2.55. The Morgan fingerprint density at radius 1 is 1.21 bits per heavy atom. The zero-order chi connectivity index (χ0) is 16.7. The number of para-hydroxylation sites is 1. The largest absolute Gasteiger partial charge is 0.496 e. The molecule has 6 heteroatoms. The number of aromatic nitrogens is 2. The molecular formula is C18H23N3O3. The maximum Gasteiger partial charge on any atom is 0.246 e. The van der Waals surface area contributed by atoms with Crippen molar-refractivity contribution in [2.24, 2.45) is 0 Å². The molecule has 0 spiro atoms. The summed E-state index contributed by atoms with van der Waals surface area (Å²) >= 11 is 0. The Balaban J connectivity index is 1.63. The van der Waals surface area contributed by atoms with E-state index in [1.165, 1.54) is 0 Å². The van der Waals surface area contributed by atoms with E-state index < -0.39 is 0 Å². The Labute approximate surface area is 141 Å². The molecule has 1 aliphatic heterocycles. The molecule has 6 nitrogen and oxygen atoms in total. The standard InChI is InChI=1S/C18H23N3O3/c1-12-10-21(2)11-15(23-12)16-19-20-17(24-16)18(8-9-18)13-6-4-5-7-14(13)22-3/h4-7,12,15H,8-11H2,1-3H3/t12-,15-/m1/s1. The van der Waals surface area contributed by atoms with E-state index >= 15 is 0 Å². The molecule has 2 heterocycles. The molecule has 0 bridgehead atoms. The van der Waals surface area contributed by atoms with Crippen molar-refractivity contribution in [2.45, 2.75) is 37.4 Å². The third-order valence-electron chi connectivity index (χ3n) is 4.94. The van der Waals surface area contributed by atoms with Gasteiger partial charge in [0, 0.05) is 18.7 Å². The fraction of sp³-hybridized carbons (Fsp3) is 0.556. The van der Waals surface area contributed by atoms with Gasteiger partial charge in [-0.05, 0) is 32.9 Å². The number of hydrogen-bond acceptors (Lipinski definition) is 6. The first-order valence-electron chi connectivity index (χ1n) is 8.44. The monoisotopic (exact) mass is 329 g/mol. The van der Waals surface area contributed by atoms with Gasteiger partial charge in [-0.3, -0.25) is 0 Å². The first-order valence-corrected chi connectivity index (χ1v) is 8.44. The van der Waals surface area contributed by atoms with Crippen molar-refractivity contribution in [1.29, 1.82) is 0 Å². The van der Waals surface area contributed by atoms with Gasteiger partial charge in [0.2, 0.25) is 11.8 Å². The lowest BCUT2D eigenvalue weighted by Crippen LogP contribution is -2.40. The zero-order valence-corrected chi connectivity index (χ0v) is 14.4. The van der Waals surface area contributed by atoms with Gasteiger partial charge in [-0.1, -0.05) is 18.2 Å². The molecule has 1 saturated carbocycles. The van der Waals surface area contributed by atoms with Crippen LogP contribution in [0.4, 0.5) is 0 Å². The summed E-state index contributed by atoms with van der Waals surface area (Å²) < 4.78 is 17.6. The van der Waals surface area contributed by atoms with Crippen molar-refractivity contribution < 1.29 is 13.9 Å². The lowest BCUT2D eigenvalue weighted by Gasteiger charge is -2.32. The Kier molecular flexibility index (Phi) is 3.81. The van der Waals surface area contributed by atoms with E-state index in [4.69, 9.17) is 13.9 Å². The summed E-state index contributed by atoms with van der Waals surface area (Å²) in [5.74, 6) is 2.12. The maximum absolute atomic E-state index is 6.07. The van der Waals surface area contributed by atoms with E-state index in [-0.39, 0.29) is 17.6 Å². The Morgan fingerprint density at radius 3 is 2.71 bits per heavy atom. The van der Waals surface area contributed by atoms with Gasteiger partial charge < -0.3 is 18.8 Å². The summed E-state index contributed by atoms with van der Waals surface area (Å²) in [6.07, 6.45) is 2.00. The van der Waals surface area contributed by atoms with Crippen LogP contribution in [0.2, 0.25) is 0 Å². The molecule has 24 heavy (non-hydrogen) atoms. The quantitative estimate of drug-likeness (QED) is 0.859. The zero-order valence-electron chi connectivity index (χ0n) is 14.4. The molecule has 1 aliphatic carbocycles. The van der Waals surface area contributed by atoms with Crippen LogP contribution in [0.1, 0.15) is 43.2 Å². The minimum Gasteiger partial charge on any atom is -0.496 e. The van der Waals surface area contributed by atoms with Gasteiger partial charge in [-0.2, -0.15) is 0 Å². The minimum atomic E-state index is -0.204. The van der Waals surface area contributed by atoms with E-state index in [1.54, 1.807) is 7.11 Å². The number of hydrogen-bond donors (Lipinski definition) is 0. The second kappa shape index (κ2) is 5.86. The minimum absolute atomic E-state index is 0.159. The van der Waals surface area contributed by atoms with Crippen LogP contribution in [-0.2, 0) is 10.2 Å². The van der Waals surface area contributed by atoms with E-state index in [2.05, 4.69) is 35.1 Å². The summed E-state index contributed by atoms with van der Waals surface area (Å²) in [5.41, 5.74) is 0.919. The van der Waals surface area contributed by atoms with Crippen molar-refractivity contribution in [3.05, 3.63) is 41.6 Å². The van der Waals surface area contributed by atoms with Crippen LogP contribution in [-0.4, -0.2) is 48.4 Å². The van der Waals surface area contributed by atoms with E-state index in [0.717, 1.165) is 37.2 Å². The van der Waals surface area contributed by atoms with Crippen LogP contribution in [0.15, 0.2) is 28.7 Å². The van der Waals surface area contributed by atoms with Gasteiger partial charge >= 0.3 is 0 Å². The van der Waals surface area contributed by atoms with Gasteiger partial charge in [-0.15, -0.1) is 10.2 Å². The van der Waals surface area contributed by atoms with E-state index in [1.807, 2.05) is 18.2 Å². The van der Waals surface area contributed by atoms with Crippen LogP contribution in [0.5, 0.6) is 5.75 Å². The van der Waals surface area contributed by atoms with Crippen LogP contribution in [0.25, 0.3) is 0 Å². The van der Waals surface area contributed by atoms with E-state index in [9.17, 15) is 0 Å².